The Bertz CT molecular complexity index is 720. The topological polar surface area (TPSA) is 71.5 Å². The van der Waals surface area contributed by atoms with Crippen molar-refractivity contribution < 1.29 is 5.21 Å². The van der Waals surface area contributed by atoms with Crippen molar-refractivity contribution in [3.63, 3.8) is 0 Å². The van der Waals surface area contributed by atoms with Crippen LogP contribution >= 0.6 is 35.0 Å². The van der Waals surface area contributed by atoms with Crippen molar-refractivity contribution in [1.29, 1.82) is 0 Å². The van der Waals surface area contributed by atoms with Crippen LogP contribution in [0.2, 0.25) is 10.0 Å². The highest BCUT2D eigenvalue weighted by Gasteiger charge is 2.14. The van der Waals surface area contributed by atoms with Gasteiger partial charge in [-0.15, -0.1) is 0 Å². The van der Waals surface area contributed by atoms with Gasteiger partial charge in [-0.25, -0.2) is 0 Å². The summed E-state index contributed by atoms with van der Waals surface area (Å²) >= 11 is 13.4. The van der Waals surface area contributed by atoms with Crippen molar-refractivity contribution in [2.24, 2.45) is 10.9 Å². The highest BCUT2D eigenvalue weighted by Crippen LogP contribution is 2.35. The number of oxime groups is 1. The normalized spacial score (nSPS) is 11.7. The van der Waals surface area contributed by atoms with E-state index in [9.17, 15) is 0 Å². The van der Waals surface area contributed by atoms with Gasteiger partial charge in [-0.05, 0) is 38.1 Å². The van der Waals surface area contributed by atoms with E-state index in [0.29, 0.717) is 21.3 Å². The summed E-state index contributed by atoms with van der Waals surface area (Å²) in [5.74, 6) is 0.0301. The van der Waals surface area contributed by atoms with Crippen LogP contribution in [0.3, 0.4) is 0 Å². The lowest BCUT2D eigenvalue weighted by Crippen LogP contribution is -2.17. The Hall–Kier alpha value is -1.43. The molecule has 0 aliphatic carbocycles. The molecule has 2 aromatic rings. The molecule has 4 nitrogen and oxygen atoms in total. The maximum absolute atomic E-state index is 8.94. The second-order valence-corrected chi connectivity index (χ2v) is 6.32. The van der Waals surface area contributed by atoms with Gasteiger partial charge in [0, 0.05) is 21.2 Å². The smallest absolute Gasteiger partial charge is 0.173 e. The first kappa shape index (κ1) is 15.9. The van der Waals surface area contributed by atoms with Gasteiger partial charge < -0.3 is 10.9 Å². The summed E-state index contributed by atoms with van der Waals surface area (Å²) in [4.78, 5) is 6.09. The van der Waals surface area contributed by atoms with E-state index >= 15 is 0 Å². The molecule has 0 saturated heterocycles. The van der Waals surface area contributed by atoms with Gasteiger partial charge in [0.15, 0.2) is 5.84 Å². The van der Waals surface area contributed by atoms with Crippen molar-refractivity contribution in [1.82, 2.24) is 4.98 Å². The summed E-state index contributed by atoms with van der Waals surface area (Å²) in [6.07, 6.45) is 0. The third-order valence-corrected chi connectivity index (χ3v) is 4.55. The van der Waals surface area contributed by atoms with E-state index in [1.807, 2.05) is 26.0 Å². The average molecular weight is 342 g/mol. The number of aromatic nitrogens is 1. The molecule has 110 valence electrons. The lowest BCUT2D eigenvalue weighted by atomic mass is 10.1. The van der Waals surface area contributed by atoms with Crippen LogP contribution in [0, 0.1) is 13.8 Å². The molecule has 3 N–H and O–H groups in total. The van der Waals surface area contributed by atoms with Gasteiger partial charge in [-0.1, -0.05) is 40.1 Å². The number of amidine groups is 1. The third kappa shape index (κ3) is 3.61. The maximum atomic E-state index is 8.94. The van der Waals surface area contributed by atoms with Crippen LogP contribution in [0.4, 0.5) is 0 Å². The predicted molar refractivity (Wildman–Crippen MR) is 86.8 cm³/mol. The molecule has 0 fully saturated rings. The monoisotopic (exact) mass is 341 g/mol. The molecule has 0 aliphatic rings. The summed E-state index contributed by atoms with van der Waals surface area (Å²) in [6, 6.07) is 7.25. The number of hydrogen-bond acceptors (Lipinski definition) is 4. The molecule has 0 unspecified atom stereocenters. The zero-order valence-electron chi connectivity index (χ0n) is 11.4. The van der Waals surface area contributed by atoms with Crippen LogP contribution in [0.25, 0.3) is 0 Å². The van der Waals surface area contributed by atoms with Gasteiger partial charge in [-0.2, -0.15) is 0 Å². The average Bonchev–Trinajstić information content (AvgIpc) is 2.41. The molecule has 0 saturated carbocycles. The number of aryl methyl sites for hydroxylation is 2. The van der Waals surface area contributed by atoms with Crippen molar-refractivity contribution in [3.05, 3.63) is 51.3 Å². The van der Waals surface area contributed by atoms with Crippen molar-refractivity contribution in [2.75, 3.05) is 0 Å². The number of pyridine rings is 1. The Morgan fingerprint density at radius 1 is 1.24 bits per heavy atom. The molecule has 0 radical (unpaired) electrons. The minimum absolute atomic E-state index is 0.0301. The molecule has 2 rings (SSSR count). The number of benzene rings is 1. The summed E-state index contributed by atoms with van der Waals surface area (Å²) in [6.45, 7) is 3.71. The van der Waals surface area contributed by atoms with Gasteiger partial charge in [0.05, 0.1) is 15.6 Å². The van der Waals surface area contributed by atoms with E-state index in [1.54, 1.807) is 12.1 Å². The van der Waals surface area contributed by atoms with Crippen molar-refractivity contribution in [2.45, 2.75) is 23.6 Å². The first-order valence-corrected chi connectivity index (χ1v) is 7.58. The van der Waals surface area contributed by atoms with Crippen LogP contribution in [0.15, 0.2) is 39.2 Å². The Kier molecular flexibility index (Phi) is 4.98. The Labute approximate surface area is 137 Å². The molecule has 0 spiro atoms. The molecule has 0 amide bonds. The molecule has 7 heteroatoms. The van der Waals surface area contributed by atoms with E-state index in [-0.39, 0.29) is 5.84 Å². The summed E-state index contributed by atoms with van der Waals surface area (Å²) < 4.78 is 0. The largest absolute Gasteiger partial charge is 0.409 e. The number of nitrogens with zero attached hydrogens (tertiary/aromatic N) is 2. The van der Waals surface area contributed by atoms with E-state index in [2.05, 4.69) is 10.1 Å². The lowest BCUT2D eigenvalue weighted by Gasteiger charge is -2.12. The van der Waals surface area contributed by atoms with Gasteiger partial charge in [-0.3, -0.25) is 4.98 Å². The first-order valence-electron chi connectivity index (χ1n) is 6.01. The Morgan fingerprint density at radius 2 is 1.95 bits per heavy atom. The summed E-state index contributed by atoms with van der Waals surface area (Å²) in [5, 5.41) is 13.0. The van der Waals surface area contributed by atoms with Gasteiger partial charge in [0.1, 0.15) is 0 Å². The fourth-order valence-electron chi connectivity index (χ4n) is 1.90. The predicted octanol–water partition coefficient (Wildman–Crippen LogP) is 4.25. The molecule has 0 bridgehead atoms. The quantitative estimate of drug-likeness (QED) is 0.379. The van der Waals surface area contributed by atoms with Crippen molar-refractivity contribution in [3.8, 4) is 0 Å². The zero-order valence-corrected chi connectivity index (χ0v) is 13.7. The third-order valence-electron chi connectivity index (χ3n) is 2.77. The van der Waals surface area contributed by atoms with Crippen LogP contribution in [-0.4, -0.2) is 16.0 Å². The number of halogens is 2. The SMILES string of the molecule is Cc1cc(Sc2ccc(Cl)c(Cl)c2)c(/C(N)=N/O)c(C)n1. The van der Waals surface area contributed by atoms with Crippen LogP contribution in [0.1, 0.15) is 17.0 Å². The Morgan fingerprint density at radius 3 is 2.57 bits per heavy atom. The number of nitrogens with two attached hydrogens (primary N) is 1. The second-order valence-electron chi connectivity index (χ2n) is 4.39. The van der Waals surface area contributed by atoms with E-state index in [1.165, 1.54) is 11.8 Å². The summed E-state index contributed by atoms with van der Waals surface area (Å²) in [5.41, 5.74) is 7.92. The number of rotatable bonds is 3. The first-order chi connectivity index (χ1) is 9.92. The molecule has 21 heavy (non-hydrogen) atoms. The standard InChI is InChI=1S/C14H13Cl2N3OS/c1-7-5-12(13(8(2)18-7)14(17)19-20)21-9-3-4-10(15)11(16)6-9/h3-6,20H,1-2H3,(H2,17,19). The molecule has 0 atom stereocenters. The van der Waals surface area contributed by atoms with Crippen LogP contribution < -0.4 is 5.73 Å². The van der Waals surface area contributed by atoms with Crippen molar-refractivity contribution >= 4 is 40.8 Å². The van der Waals surface area contributed by atoms with Crippen LogP contribution in [0.5, 0.6) is 0 Å². The molecule has 1 aromatic carbocycles. The highest BCUT2D eigenvalue weighted by molar-refractivity contribution is 7.99. The second kappa shape index (κ2) is 6.56. The van der Waals surface area contributed by atoms with Gasteiger partial charge >= 0.3 is 0 Å². The molecular weight excluding hydrogens is 329 g/mol. The zero-order chi connectivity index (χ0) is 15.6. The molecule has 0 aliphatic heterocycles. The summed E-state index contributed by atoms with van der Waals surface area (Å²) in [7, 11) is 0. The molecule has 1 heterocycles. The Balaban J connectivity index is 2.50. The van der Waals surface area contributed by atoms with Gasteiger partial charge in [0.25, 0.3) is 0 Å². The van der Waals surface area contributed by atoms with Gasteiger partial charge in [0.2, 0.25) is 0 Å². The highest BCUT2D eigenvalue weighted by atomic mass is 35.5. The minimum Gasteiger partial charge on any atom is -0.409 e. The molecule has 1 aromatic heterocycles. The van der Waals surface area contributed by atoms with E-state index in [4.69, 9.17) is 34.1 Å². The van der Waals surface area contributed by atoms with E-state index < -0.39 is 0 Å². The van der Waals surface area contributed by atoms with Crippen LogP contribution in [-0.2, 0) is 0 Å². The fraction of sp³-hybridized carbons (Fsp3) is 0.143. The minimum atomic E-state index is 0.0301. The lowest BCUT2D eigenvalue weighted by molar-refractivity contribution is 0.318. The molecular formula is C14H13Cl2N3OS. The fourth-order valence-corrected chi connectivity index (χ4v) is 3.42. The van der Waals surface area contributed by atoms with E-state index in [0.717, 1.165) is 15.5 Å². The maximum Gasteiger partial charge on any atom is 0.173 e. The number of hydrogen-bond donors (Lipinski definition) is 2.